The largest absolute Gasteiger partial charge is 0.342 e. The Kier molecular flexibility index (Phi) is 4.99. The molecule has 19 heavy (non-hydrogen) atoms. The van der Waals surface area contributed by atoms with Crippen LogP contribution in [-0.4, -0.2) is 35.3 Å². The minimum Gasteiger partial charge on any atom is -0.342 e. The van der Waals surface area contributed by atoms with Gasteiger partial charge in [-0.2, -0.15) is 0 Å². The van der Waals surface area contributed by atoms with Crippen LogP contribution in [0.1, 0.15) is 60.3 Å². The summed E-state index contributed by atoms with van der Waals surface area (Å²) in [4.78, 5) is 26.5. The molecule has 0 bridgehead atoms. The Morgan fingerprint density at radius 3 is 2.26 bits per heavy atom. The molecule has 4 nitrogen and oxygen atoms in total. The van der Waals surface area contributed by atoms with Crippen molar-refractivity contribution in [3.63, 3.8) is 0 Å². The van der Waals surface area contributed by atoms with Crippen molar-refractivity contribution in [2.24, 2.45) is 5.41 Å². The molecule has 0 aromatic carbocycles. The fourth-order valence-electron chi connectivity index (χ4n) is 2.53. The molecule has 1 aliphatic rings. The molecule has 0 saturated carbocycles. The Balaban J connectivity index is 2.99. The van der Waals surface area contributed by atoms with E-state index in [9.17, 15) is 9.59 Å². The highest BCUT2D eigenvalue weighted by molar-refractivity contribution is 5.93. The second kappa shape index (κ2) is 5.93. The average molecular weight is 268 g/mol. The normalized spacial score (nSPS) is 20.2. The standard InChI is InChI=1S/C15H28N2O2/c1-6-14(4,5)11-17-10-9-12(18)16-15(7-2,8-3)13(17)19/h6-11H2,1-5H3,(H,16,18). The molecule has 1 saturated heterocycles. The lowest BCUT2D eigenvalue weighted by molar-refractivity contribution is -0.140. The van der Waals surface area contributed by atoms with Crippen LogP contribution >= 0.6 is 0 Å². The zero-order valence-electron chi connectivity index (χ0n) is 13.0. The van der Waals surface area contributed by atoms with Gasteiger partial charge in [-0.05, 0) is 24.7 Å². The highest BCUT2D eigenvalue weighted by Crippen LogP contribution is 2.27. The minimum absolute atomic E-state index is 0.00569. The van der Waals surface area contributed by atoms with Gasteiger partial charge in [0.2, 0.25) is 11.8 Å². The highest BCUT2D eigenvalue weighted by atomic mass is 16.2. The Morgan fingerprint density at radius 2 is 1.79 bits per heavy atom. The molecule has 1 fully saturated rings. The average Bonchev–Trinajstić information content (AvgIpc) is 2.50. The van der Waals surface area contributed by atoms with Crippen LogP contribution in [0.5, 0.6) is 0 Å². The van der Waals surface area contributed by atoms with Gasteiger partial charge in [0, 0.05) is 19.5 Å². The summed E-state index contributed by atoms with van der Waals surface area (Å²) >= 11 is 0. The van der Waals surface area contributed by atoms with E-state index < -0.39 is 5.54 Å². The summed E-state index contributed by atoms with van der Waals surface area (Å²) in [7, 11) is 0. The SMILES string of the molecule is CCC(C)(C)CN1CCC(=O)NC(CC)(CC)C1=O. The van der Waals surface area contributed by atoms with Crippen molar-refractivity contribution in [1.29, 1.82) is 0 Å². The highest BCUT2D eigenvalue weighted by Gasteiger charge is 2.42. The lowest BCUT2D eigenvalue weighted by atomic mass is 9.87. The molecule has 0 aliphatic carbocycles. The fraction of sp³-hybridized carbons (Fsp3) is 0.867. The molecule has 1 rings (SSSR count). The van der Waals surface area contributed by atoms with Gasteiger partial charge >= 0.3 is 0 Å². The molecule has 0 spiro atoms. The number of hydrogen-bond donors (Lipinski definition) is 1. The van der Waals surface area contributed by atoms with Gasteiger partial charge in [-0.3, -0.25) is 9.59 Å². The van der Waals surface area contributed by atoms with Crippen LogP contribution in [0, 0.1) is 5.41 Å². The second-order valence-electron chi connectivity index (χ2n) is 6.33. The van der Waals surface area contributed by atoms with Crippen LogP contribution in [0.2, 0.25) is 0 Å². The third-order valence-electron chi connectivity index (χ3n) is 4.47. The molecule has 0 aromatic heterocycles. The quantitative estimate of drug-likeness (QED) is 0.832. The van der Waals surface area contributed by atoms with E-state index in [1.54, 1.807) is 0 Å². The Morgan fingerprint density at radius 1 is 1.21 bits per heavy atom. The number of nitrogens with zero attached hydrogens (tertiary/aromatic N) is 1. The topological polar surface area (TPSA) is 49.4 Å². The zero-order valence-corrected chi connectivity index (χ0v) is 13.0. The molecule has 110 valence electrons. The summed E-state index contributed by atoms with van der Waals surface area (Å²) in [5.41, 5.74) is -0.603. The van der Waals surface area contributed by atoms with Gasteiger partial charge < -0.3 is 10.2 Å². The molecule has 1 aliphatic heterocycles. The molecule has 0 aromatic rings. The second-order valence-corrected chi connectivity index (χ2v) is 6.33. The maximum Gasteiger partial charge on any atom is 0.248 e. The van der Waals surface area contributed by atoms with E-state index in [1.807, 2.05) is 18.7 Å². The van der Waals surface area contributed by atoms with Crippen molar-refractivity contribution >= 4 is 11.8 Å². The molecule has 0 unspecified atom stereocenters. The van der Waals surface area contributed by atoms with Gasteiger partial charge in [0.25, 0.3) is 0 Å². The summed E-state index contributed by atoms with van der Waals surface area (Å²) in [6.07, 6.45) is 2.73. The molecule has 1 N–H and O–H groups in total. The van der Waals surface area contributed by atoms with E-state index in [4.69, 9.17) is 0 Å². The van der Waals surface area contributed by atoms with Crippen molar-refractivity contribution in [3.05, 3.63) is 0 Å². The summed E-state index contributed by atoms with van der Waals surface area (Å²) in [6, 6.07) is 0. The van der Waals surface area contributed by atoms with Gasteiger partial charge in [0.05, 0.1) is 0 Å². The van der Waals surface area contributed by atoms with E-state index in [1.165, 1.54) is 0 Å². The van der Waals surface area contributed by atoms with Crippen LogP contribution in [0.4, 0.5) is 0 Å². The first-order valence-corrected chi connectivity index (χ1v) is 7.40. The summed E-state index contributed by atoms with van der Waals surface area (Å²) in [5, 5.41) is 2.95. The van der Waals surface area contributed by atoms with Gasteiger partial charge in [0.1, 0.15) is 5.54 Å². The summed E-state index contributed by atoms with van der Waals surface area (Å²) in [5.74, 6) is 0.0822. The van der Waals surface area contributed by atoms with Crippen LogP contribution in [0.3, 0.4) is 0 Å². The van der Waals surface area contributed by atoms with Crippen LogP contribution in [0.25, 0.3) is 0 Å². The van der Waals surface area contributed by atoms with Gasteiger partial charge in [-0.15, -0.1) is 0 Å². The van der Waals surface area contributed by atoms with Crippen molar-refractivity contribution in [2.45, 2.75) is 65.8 Å². The number of nitrogens with one attached hydrogen (secondary N) is 1. The van der Waals surface area contributed by atoms with Crippen LogP contribution < -0.4 is 5.32 Å². The maximum absolute atomic E-state index is 12.8. The predicted molar refractivity (Wildman–Crippen MR) is 76.7 cm³/mol. The van der Waals surface area contributed by atoms with Gasteiger partial charge in [-0.1, -0.05) is 34.6 Å². The first-order chi connectivity index (χ1) is 8.80. The molecule has 2 amide bonds. The van der Waals surface area contributed by atoms with Crippen molar-refractivity contribution in [1.82, 2.24) is 10.2 Å². The monoisotopic (exact) mass is 268 g/mol. The Bertz CT molecular complexity index is 346. The number of rotatable bonds is 5. The number of hydrogen-bond acceptors (Lipinski definition) is 2. The predicted octanol–water partition coefficient (Wildman–Crippen LogP) is 2.33. The van der Waals surface area contributed by atoms with Crippen molar-refractivity contribution in [2.75, 3.05) is 13.1 Å². The Labute approximate surface area is 116 Å². The van der Waals surface area contributed by atoms with Crippen molar-refractivity contribution < 1.29 is 9.59 Å². The number of amides is 2. The summed E-state index contributed by atoms with van der Waals surface area (Å²) < 4.78 is 0. The molecular formula is C15H28N2O2. The third-order valence-corrected chi connectivity index (χ3v) is 4.47. The third kappa shape index (κ3) is 3.48. The van der Waals surface area contributed by atoms with E-state index in [0.717, 1.165) is 13.0 Å². The smallest absolute Gasteiger partial charge is 0.248 e. The van der Waals surface area contributed by atoms with Crippen molar-refractivity contribution in [3.8, 4) is 0 Å². The minimum atomic E-state index is -0.697. The molecular weight excluding hydrogens is 240 g/mol. The molecule has 0 radical (unpaired) electrons. The van der Waals surface area contributed by atoms with Crippen LogP contribution in [0.15, 0.2) is 0 Å². The maximum atomic E-state index is 12.8. The molecule has 4 heteroatoms. The number of carbonyl (C=O) groups is 2. The Hall–Kier alpha value is -1.06. The van der Waals surface area contributed by atoms with E-state index in [-0.39, 0.29) is 17.2 Å². The van der Waals surface area contributed by atoms with E-state index in [0.29, 0.717) is 25.8 Å². The molecule has 0 atom stereocenters. The lowest BCUT2D eigenvalue weighted by Crippen LogP contribution is -2.57. The van der Waals surface area contributed by atoms with Gasteiger partial charge in [-0.25, -0.2) is 0 Å². The first-order valence-electron chi connectivity index (χ1n) is 7.40. The number of carbonyl (C=O) groups excluding carboxylic acids is 2. The first kappa shape index (κ1) is 16.0. The van der Waals surface area contributed by atoms with E-state index in [2.05, 4.69) is 26.1 Å². The fourth-order valence-corrected chi connectivity index (χ4v) is 2.53. The van der Waals surface area contributed by atoms with Gasteiger partial charge in [0.15, 0.2) is 0 Å². The molecule has 1 heterocycles. The van der Waals surface area contributed by atoms with E-state index >= 15 is 0 Å². The lowest BCUT2D eigenvalue weighted by Gasteiger charge is -2.37. The van der Waals surface area contributed by atoms with Crippen LogP contribution in [-0.2, 0) is 9.59 Å². The zero-order chi connectivity index (χ0) is 14.7. The summed E-state index contributed by atoms with van der Waals surface area (Å²) in [6.45, 7) is 11.7.